The first kappa shape index (κ1) is 19.2. The summed E-state index contributed by atoms with van der Waals surface area (Å²) in [5.74, 6) is -1.95. The van der Waals surface area contributed by atoms with Crippen LogP contribution in [0, 0.1) is 0 Å². The van der Waals surface area contributed by atoms with Crippen LogP contribution >= 0.6 is 0 Å². The third kappa shape index (κ3) is 4.57. The Balaban J connectivity index is 1.56. The largest absolute Gasteiger partial charge is 0.341 e. The minimum atomic E-state index is -3.33. The average molecular weight is 394 g/mol. The summed E-state index contributed by atoms with van der Waals surface area (Å²) in [5, 5.41) is 4.74. The van der Waals surface area contributed by atoms with E-state index in [0.29, 0.717) is 37.4 Å². The molecule has 3 rings (SSSR count). The van der Waals surface area contributed by atoms with Gasteiger partial charge in [0.25, 0.3) is 0 Å². The van der Waals surface area contributed by atoms with E-state index in [1.54, 1.807) is 23.1 Å². The summed E-state index contributed by atoms with van der Waals surface area (Å²) >= 11 is 0. The molecule has 0 radical (unpaired) electrons. The number of anilines is 2. The van der Waals surface area contributed by atoms with Crippen LogP contribution in [-0.2, 0) is 24.4 Å². The van der Waals surface area contributed by atoms with Gasteiger partial charge in [-0.3, -0.25) is 18.7 Å². The lowest BCUT2D eigenvalue weighted by atomic mass is 10.2. The first-order valence-corrected chi connectivity index (χ1v) is 10.5. The van der Waals surface area contributed by atoms with Crippen molar-refractivity contribution >= 4 is 39.1 Å². The highest BCUT2D eigenvalue weighted by atomic mass is 32.2. The first-order chi connectivity index (χ1) is 12.9. The van der Waals surface area contributed by atoms with Crippen molar-refractivity contribution in [3.63, 3.8) is 0 Å². The van der Waals surface area contributed by atoms with Gasteiger partial charge in [0, 0.05) is 25.3 Å². The lowest BCUT2D eigenvalue weighted by Crippen LogP contribution is -2.42. The molecule has 27 heavy (non-hydrogen) atoms. The number of sulfonamides is 1. The molecule has 146 valence electrons. The summed E-state index contributed by atoms with van der Waals surface area (Å²) in [6.07, 6.45) is 2.44. The molecule has 2 fully saturated rings. The number of amides is 3. The number of hydrogen-bond acceptors (Lipinski definition) is 5. The summed E-state index contributed by atoms with van der Waals surface area (Å²) in [7, 11) is -3.33. The highest BCUT2D eigenvalue weighted by Crippen LogP contribution is 2.26. The highest BCUT2D eigenvalue weighted by Gasteiger charge is 2.28. The molecule has 2 heterocycles. The van der Waals surface area contributed by atoms with Crippen LogP contribution in [0.25, 0.3) is 0 Å². The van der Waals surface area contributed by atoms with E-state index < -0.39 is 21.8 Å². The Kier molecular flexibility index (Phi) is 5.64. The smallest absolute Gasteiger partial charge is 0.313 e. The molecule has 2 N–H and O–H groups in total. The Hall–Kier alpha value is -2.62. The summed E-state index contributed by atoms with van der Waals surface area (Å²) in [5.41, 5.74) is 0.746. The van der Waals surface area contributed by atoms with E-state index in [2.05, 4.69) is 10.6 Å². The van der Waals surface area contributed by atoms with Crippen molar-refractivity contribution in [1.82, 2.24) is 10.2 Å². The molecular weight excluding hydrogens is 372 g/mol. The van der Waals surface area contributed by atoms with Crippen LogP contribution in [0.4, 0.5) is 11.4 Å². The van der Waals surface area contributed by atoms with Gasteiger partial charge >= 0.3 is 11.8 Å². The van der Waals surface area contributed by atoms with Crippen LogP contribution in [0.2, 0.25) is 0 Å². The second-order valence-corrected chi connectivity index (χ2v) is 8.53. The number of carbonyl (C=O) groups is 3. The zero-order chi connectivity index (χ0) is 19.4. The maximum absolute atomic E-state index is 12.0. The standard InChI is InChI=1S/C17H22N4O5S/c22-15(20-7-1-2-8-20)12-18-16(23)17(24)19-13-5-3-6-14(11-13)21-9-4-10-27(21,25)26/h3,5-6,11H,1-2,4,7-10,12H2,(H,18,23)(H,19,24). The van der Waals surface area contributed by atoms with Crippen LogP contribution in [0.1, 0.15) is 19.3 Å². The van der Waals surface area contributed by atoms with Crippen molar-refractivity contribution in [2.75, 3.05) is 41.6 Å². The molecule has 1 aromatic carbocycles. The fourth-order valence-electron chi connectivity index (χ4n) is 3.17. The predicted octanol–water partition coefficient (Wildman–Crippen LogP) is -0.0964. The van der Waals surface area contributed by atoms with E-state index in [1.807, 2.05) is 0 Å². The summed E-state index contributed by atoms with van der Waals surface area (Å²) in [6, 6.07) is 6.30. The lowest BCUT2D eigenvalue weighted by molar-refractivity contribution is -0.138. The van der Waals surface area contributed by atoms with E-state index in [4.69, 9.17) is 0 Å². The first-order valence-electron chi connectivity index (χ1n) is 8.84. The van der Waals surface area contributed by atoms with Gasteiger partial charge in [0.15, 0.2) is 0 Å². The molecule has 0 unspecified atom stereocenters. The van der Waals surface area contributed by atoms with E-state index in [-0.39, 0.29) is 18.2 Å². The molecule has 9 nitrogen and oxygen atoms in total. The summed E-state index contributed by atoms with van der Waals surface area (Å²) < 4.78 is 25.3. The van der Waals surface area contributed by atoms with E-state index in [9.17, 15) is 22.8 Å². The van der Waals surface area contributed by atoms with Crippen molar-refractivity contribution in [2.45, 2.75) is 19.3 Å². The third-order valence-corrected chi connectivity index (χ3v) is 6.43. The van der Waals surface area contributed by atoms with Gasteiger partial charge in [-0.1, -0.05) is 6.07 Å². The van der Waals surface area contributed by atoms with E-state index >= 15 is 0 Å². The quantitative estimate of drug-likeness (QED) is 0.692. The second kappa shape index (κ2) is 7.95. The number of likely N-dealkylation sites (tertiary alicyclic amines) is 1. The molecule has 0 saturated carbocycles. The highest BCUT2D eigenvalue weighted by molar-refractivity contribution is 7.93. The van der Waals surface area contributed by atoms with Gasteiger partial charge in [-0.05, 0) is 37.5 Å². The molecule has 2 saturated heterocycles. The van der Waals surface area contributed by atoms with Crippen LogP contribution in [0.5, 0.6) is 0 Å². The second-order valence-electron chi connectivity index (χ2n) is 6.52. The lowest BCUT2D eigenvalue weighted by Gasteiger charge is -2.18. The maximum Gasteiger partial charge on any atom is 0.313 e. The molecule has 10 heteroatoms. The molecule has 2 aliphatic heterocycles. The number of nitrogens with one attached hydrogen (secondary N) is 2. The Bertz CT molecular complexity index is 849. The van der Waals surface area contributed by atoms with Gasteiger partial charge < -0.3 is 15.5 Å². The fraction of sp³-hybridized carbons (Fsp3) is 0.471. The third-order valence-electron chi connectivity index (χ3n) is 4.56. The van der Waals surface area contributed by atoms with Gasteiger partial charge in [0.1, 0.15) is 0 Å². The molecule has 0 aromatic heterocycles. The van der Waals surface area contributed by atoms with Gasteiger partial charge in [-0.25, -0.2) is 8.42 Å². The van der Waals surface area contributed by atoms with Gasteiger partial charge in [0.05, 0.1) is 18.0 Å². The van der Waals surface area contributed by atoms with Crippen LogP contribution in [-0.4, -0.2) is 63.0 Å². The summed E-state index contributed by atoms with van der Waals surface area (Å²) in [6.45, 7) is 1.51. The topological polar surface area (TPSA) is 116 Å². The molecule has 0 bridgehead atoms. The van der Waals surface area contributed by atoms with Crippen molar-refractivity contribution in [1.29, 1.82) is 0 Å². The Morgan fingerprint density at radius 3 is 2.41 bits per heavy atom. The van der Waals surface area contributed by atoms with Crippen LogP contribution in [0.15, 0.2) is 24.3 Å². The predicted molar refractivity (Wildman–Crippen MR) is 99.6 cm³/mol. The molecule has 2 aliphatic rings. The van der Waals surface area contributed by atoms with Crippen LogP contribution in [0.3, 0.4) is 0 Å². The van der Waals surface area contributed by atoms with Crippen LogP contribution < -0.4 is 14.9 Å². The minimum Gasteiger partial charge on any atom is -0.341 e. The monoisotopic (exact) mass is 394 g/mol. The van der Waals surface area contributed by atoms with Crippen molar-refractivity contribution in [3.8, 4) is 0 Å². The SMILES string of the molecule is O=C(NCC(=O)N1CCCC1)C(=O)Nc1cccc(N2CCCS2(=O)=O)c1. The Morgan fingerprint density at radius 2 is 1.74 bits per heavy atom. The van der Waals surface area contributed by atoms with Crippen molar-refractivity contribution in [3.05, 3.63) is 24.3 Å². The van der Waals surface area contributed by atoms with Crippen molar-refractivity contribution in [2.24, 2.45) is 0 Å². The number of rotatable bonds is 4. The normalized spacial score (nSPS) is 18.4. The molecule has 3 amide bonds. The van der Waals surface area contributed by atoms with Crippen molar-refractivity contribution < 1.29 is 22.8 Å². The Labute approximate surface area is 157 Å². The van der Waals surface area contributed by atoms with E-state index in [1.165, 1.54) is 10.4 Å². The minimum absolute atomic E-state index is 0.0943. The van der Waals surface area contributed by atoms with Gasteiger partial charge in [0.2, 0.25) is 15.9 Å². The summed E-state index contributed by atoms with van der Waals surface area (Å²) in [4.78, 5) is 37.5. The maximum atomic E-state index is 12.0. The number of nitrogens with zero attached hydrogens (tertiary/aromatic N) is 2. The molecule has 0 aliphatic carbocycles. The fourth-order valence-corrected chi connectivity index (χ4v) is 4.73. The molecule has 0 atom stereocenters. The van der Waals surface area contributed by atoms with E-state index in [0.717, 1.165) is 12.8 Å². The van der Waals surface area contributed by atoms with Gasteiger partial charge in [-0.15, -0.1) is 0 Å². The number of hydrogen-bond donors (Lipinski definition) is 2. The van der Waals surface area contributed by atoms with Gasteiger partial charge in [-0.2, -0.15) is 0 Å². The molecule has 0 spiro atoms. The Morgan fingerprint density at radius 1 is 1.00 bits per heavy atom. The number of carbonyl (C=O) groups excluding carboxylic acids is 3. The molecular formula is C17H22N4O5S. The zero-order valence-electron chi connectivity index (χ0n) is 14.8. The average Bonchev–Trinajstić information content (AvgIpc) is 3.28. The molecule has 1 aromatic rings. The number of benzene rings is 1. The zero-order valence-corrected chi connectivity index (χ0v) is 15.6.